The molecule has 1 unspecified atom stereocenters. The molecule has 0 heterocycles. The molecule has 2 aromatic rings. The molecule has 0 bridgehead atoms. The average Bonchev–Trinajstić information content (AvgIpc) is 2.65. The van der Waals surface area contributed by atoms with E-state index in [4.69, 9.17) is 5.11 Å². The van der Waals surface area contributed by atoms with Gasteiger partial charge in [-0.1, -0.05) is 36.4 Å². The molecule has 0 fully saturated rings. The van der Waals surface area contributed by atoms with Crippen LogP contribution in [0.4, 0.5) is 11.4 Å². The van der Waals surface area contributed by atoms with Gasteiger partial charge in [-0.2, -0.15) is 0 Å². The fourth-order valence-electron chi connectivity index (χ4n) is 2.55. The number of benzene rings is 2. The first-order valence-electron chi connectivity index (χ1n) is 8.60. The molecule has 0 aliphatic carbocycles. The van der Waals surface area contributed by atoms with Crippen LogP contribution in [0.5, 0.6) is 0 Å². The number of anilines is 2. The lowest BCUT2D eigenvalue weighted by Gasteiger charge is -2.26. The first kappa shape index (κ1) is 19.5. The first-order chi connectivity index (χ1) is 12.6. The highest BCUT2D eigenvalue weighted by molar-refractivity contribution is 5.93. The zero-order valence-corrected chi connectivity index (χ0v) is 14.5. The number of para-hydroxylation sites is 2. The van der Waals surface area contributed by atoms with Gasteiger partial charge in [0.1, 0.15) is 0 Å². The number of nitrogens with zero attached hydrogens (tertiary/aromatic N) is 1. The Morgan fingerprint density at radius 1 is 0.962 bits per heavy atom. The summed E-state index contributed by atoms with van der Waals surface area (Å²) < 4.78 is 0. The van der Waals surface area contributed by atoms with Crippen LogP contribution in [0, 0.1) is 0 Å². The highest BCUT2D eigenvalue weighted by Gasteiger charge is 2.19. The maximum atomic E-state index is 12.5. The van der Waals surface area contributed by atoms with Crippen molar-refractivity contribution in [2.45, 2.75) is 25.4 Å². The Morgan fingerprint density at radius 3 is 2.19 bits per heavy atom. The summed E-state index contributed by atoms with van der Waals surface area (Å²) in [4.78, 5) is 24.7. The van der Waals surface area contributed by atoms with Crippen molar-refractivity contribution in [3.05, 3.63) is 60.7 Å². The third-order valence-corrected chi connectivity index (χ3v) is 3.86. The number of carbonyl (C=O) groups excluding carboxylic acids is 1. The summed E-state index contributed by atoms with van der Waals surface area (Å²) in [5.74, 6) is -1.12. The van der Waals surface area contributed by atoms with E-state index in [9.17, 15) is 14.7 Å². The summed E-state index contributed by atoms with van der Waals surface area (Å²) in [5.41, 5.74) is 1.58. The molecule has 0 aliphatic heterocycles. The molecule has 0 aliphatic rings. The van der Waals surface area contributed by atoms with Gasteiger partial charge in [0.05, 0.1) is 12.6 Å². The molecule has 1 amide bonds. The highest BCUT2D eigenvalue weighted by Crippen LogP contribution is 2.16. The number of carboxylic acids is 1. The standard InChI is InChI=1S/C20H24N2O4/c23-18(14-21-16-8-3-1-4-9-16)15-22(17-10-5-2-6-11-17)19(24)12-7-13-20(25)26/h1-6,8-11,18,21,23H,7,12-15H2,(H,25,26). The van der Waals surface area contributed by atoms with E-state index in [1.165, 1.54) is 4.90 Å². The SMILES string of the molecule is O=C(O)CCCC(=O)N(CC(O)CNc1ccccc1)c1ccccc1. The number of carboxylic acid groups (broad SMARTS) is 1. The van der Waals surface area contributed by atoms with Crippen molar-refractivity contribution in [1.82, 2.24) is 0 Å². The molecule has 0 saturated heterocycles. The van der Waals surface area contributed by atoms with Crippen LogP contribution in [0.3, 0.4) is 0 Å². The number of hydrogen-bond donors (Lipinski definition) is 3. The smallest absolute Gasteiger partial charge is 0.303 e. The Balaban J connectivity index is 1.96. The van der Waals surface area contributed by atoms with E-state index in [2.05, 4.69) is 5.32 Å². The average molecular weight is 356 g/mol. The molecule has 138 valence electrons. The molecule has 6 heteroatoms. The van der Waals surface area contributed by atoms with Gasteiger partial charge in [-0.05, 0) is 30.7 Å². The predicted octanol–water partition coefficient (Wildman–Crippen LogP) is 2.75. The van der Waals surface area contributed by atoms with Gasteiger partial charge in [-0.15, -0.1) is 0 Å². The van der Waals surface area contributed by atoms with E-state index >= 15 is 0 Å². The van der Waals surface area contributed by atoms with Gasteiger partial charge in [0.2, 0.25) is 5.91 Å². The largest absolute Gasteiger partial charge is 0.481 e. The van der Waals surface area contributed by atoms with Gasteiger partial charge in [0.25, 0.3) is 0 Å². The minimum Gasteiger partial charge on any atom is -0.481 e. The van der Waals surface area contributed by atoms with Crippen molar-refractivity contribution in [3.8, 4) is 0 Å². The molecule has 0 spiro atoms. The number of aliphatic hydroxyl groups excluding tert-OH is 1. The Labute approximate surface area is 153 Å². The Bertz CT molecular complexity index is 691. The number of carbonyl (C=O) groups is 2. The third-order valence-electron chi connectivity index (χ3n) is 3.86. The first-order valence-corrected chi connectivity index (χ1v) is 8.60. The molecule has 2 rings (SSSR count). The summed E-state index contributed by atoms with van der Waals surface area (Å²) in [6.45, 7) is 0.436. The Hall–Kier alpha value is -2.86. The van der Waals surface area contributed by atoms with Crippen LogP contribution in [0.2, 0.25) is 0 Å². The van der Waals surface area contributed by atoms with Crippen molar-refractivity contribution in [1.29, 1.82) is 0 Å². The normalized spacial score (nSPS) is 11.6. The van der Waals surface area contributed by atoms with E-state index in [-0.39, 0.29) is 31.7 Å². The van der Waals surface area contributed by atoms with E-state index in [0.717, 1.165) is 5.69 Å². The fourth-order valence-corrected chi connectivity index (χ4v) is 2.55. The maximum absolute atomic E-state index is 12.5. The van der Waals surface area contributed by atoms with Gasteiger partial charge in [-0.25, -0.2) is 0 Å². The molecule has 0 radical (unpaired) electrons. The molecule has 26 heavy (non-hydrogen) atoms. The lowest BCUT2D eigenvalue weighted by Crippen LogP contribution is -2.40. The van der Waals surface area contributed by atoms with Crippen molar-refractivity contribution >= 4 is 23.3 Å². The van der Waals surface area contributed by atoms with Gasteiger partial charge >= 0.3 is 5.97 Å². The second kappa shape index (κ2) is 10.2. The van der Waals surface area contributed by atoms with Gasteiger partial charge in [0, 0.05) is 30.8 Å². The third kappa shape index (κ3) is 6.57. The van der Waals surface area contributed by atoms with Crippen molar-refractivity contribution in [3.63, 3.8) is 0 Å². The lowest BCUT2D eigenvalue weighted by atomic mass is 10.2. The minimum atomic E-state index is -0.920. The van der Waals surface area contributed by atoms with Gasteiger partial charge < -0.3 is 20.4 Å². The van der Waals surface area contributed by atoms with Crippen molar-refractivity contribution < 1.29 is 19.8 Å². The van der Waals surface area contributed by atoms with Crippen LogP contribution >= 0.6 is 0 Å². The summed E-state index contributed by atoms with van der Waals surface area (Å²) in [6.07, 6.45) is -0.415. The van der Waals surface area contributed by atoms with Crippen molar-refractivity contribution in [2.75, 3.05) is 23.3 Å². The molecular formula is C20H24N2O4. The minimum absolute atomic E-state index is 0.0491. The molecule has 2 aromatic carbocycles. The number of aliphatic carboxylic acids is 1. The number of aliphatic hydroxyl groups is 1. The molecule has 6 nitrogen and oxygen atoms in total. The van der Waals surface area contributed by atoms with E-state index in [0.29, 0.717) is 12.2 Å². The molecule has 0 aromatic heterocycles. The Morgan fingerprint density at radius 2 is 1.58 bits per heavy atom. The fraction of sp³-hybridized carbons (Fsp3) is 0.300. The quantitative estimate of drug-likeness (QED) is 0.609. The number of amides is 1. The van der Waals surface area contributed by atoms with Crippen LogP contribution in [-0.4, -0.2) is 41.3 Å². The zero-order chi connectivity index (χ0) is 18.8. The van der Waals surface area contributed by atoms with Crippen molar-refractivity contribution in [2.24, 2.45) is 0 Å². The number of hydrogen-bond acceptors (Lipinski definition) is 4. The Kier molecular flexibility index (Phi) is 7.64. The van der Waals surface area contributed by atoms with Gasteiger partial charge in [-0.3, -0.25) is 9.59 Å². The number of nitrogens with one attached hydrogen (secondary N) is 1. The van der Waals surface area contributed by atoms with Crippen LogP contribution in [0.25, 0.3) is 0 Å². The highest BCUT2D eigenvalue weighted by atomic mass is 16.4. The predicted molar refractivity (Wildman–Crippen MR) is 101 cm³/mol. The molecule has 1 atom stereocenters. The van der Waals surface area contributed by atoms with E-state index < -0.39 is 12.1 Å². The molecular weight excluding hydrogens is 332 g/mol. The van der Waals surface area contributed by atoms with Crippen LogP contribution in [0.1, 0.15) is 19.3 Å². The van der Waals surface area contributed by atoms with Gasteiger partial charge in [0.15, 0.2) is 0 Å². The topological polar surface area (TPSA) is 89.9 Å². The second-order valence-corrected chi connectivity index (χ2v) is 5.99. The number of rotatable bonds is 10. The summed E-state index contributed by atoms with van der Waals surface area (Å²) in [6, 6.07) is 18.6. The van der Waals surface area contributed by atoms with Crippen LogP contribution in [-0.2, 0) is 9.59 Å². The van der Waals surface area contributed by atoms with E-state index in [1.54, 1.807) is 12.1 Å². The summed E-state index contributed by atoms with van der Waals surface area (Å²) in [5, 5.41) is 22.2. The second-order valence-electron chi connectivity index (χ2n) is 5.99. The summed E-state index contributed by atoms with van der Waals surface area (Å²) in [7, 11) is 0. The molecule has 3 N–H and O–H groups in total. The lowest BCUT2D eigenvalue weighted by molar-refractivity contribution is -0.137. The van der Waals surface area contributed by atoms with E-state index in [1.807, 2.05) is 48.5 Å². The summed E-state index contributed by atoms with van der Waals surface area (Å²) >= 11 is 0. The maximum Gasteiger partial charge on any atom is 0.303 e. The molecule has 0 saturated carbocycles. The zero-order valence-electron chi connectivity index (χ0n) is 14.5. The van der Waals surface area contributed by atoms with Crippen LogP contribution in [0.15, 0.2) is 60.7 Å². The van der Waals surface area contributed by atoms with Crippen LogP contribution < -0.4 is 10.2 Å². The monoisotopic (exact) mass is 356 g/mol.